The maximum atomic E-state index is 12.8. The number of hydrogen-bond acceptors (Lipinski definition) is 2. The van der Waals surface area contributed by atoms with E-state index in [1.807, 2.05) is 0 Å². The lowest BCUT2D eigenvalue weighted by molar-refractivity contribution is 0.194. The van der Waals surface area contributed by atoms with Gasteiger partial charge in [-0.15, -0.1) is 0 Å². The van der Waals surface area contributed by atoms with Crippen LogP contribution in [0, 0.1) is 5.82 Å². The van der Waals surface area contributed by atoms with Crippen LogP contribution in [-0.4, -0.2) is 16.3 Å². The SMILES string of the molecule is CC(O)Cc1c(Cl)ccc(F)c1O. The Labute approximate surface area is 80.6 Å². The highest BCUT2D eigenvalue weighted by atomic mass is 35.5. The average Bonchev–Trinajstić information content (AvgIpc) is 2.05. The summed E-state index contributed by atoms with van der Waals surface area (Å²) < 4.78 is 12.8. The molecule has 1 aromatic rings. The summed E-state index contributed by atoms with van der Waals surface area (Å²) in [4.78, 5) is 0. The van der Waals surface area contributed by atoms with Gasteiger partial charge in [-0.25, -0.2) is 4.39 Å². The van der Waals surface area contributed by atoms with E-state index in [9.17, 15) is 9.50 Å². The largest absolute Gasteiger partial charge is 0.505 e. The fraction of sp³-hybridized carbons (Fsp3) is 0.333. The summed E-state index contributed by atoms with van der Waals surface area (Å²) in [7, 11) is 0. The van der Waals surface area contributed by atoms with E-state index in [0.29, 0.717) is 0 Å². The summed E-state index contributed by atoms with van der Waals surface area (Å²) in [5.74, 6) is -1.20. The molecule has 1 rings (SSSR count). The molecular formula is C9H10ClFO2. The number of aliphatic hydroxyl groups is 1. The van der Waals surface area contributed by atoms with Gasteiger partial charge in [0.25, 0.3) is 0 Å². The molecule has 0 heterocycles. The summed E-state index contributed by atoms with van der Waals surface area (Å²) in [6.45, 7) is 1.54. The minimum atomic E-state index is -0.722. The molecule has 4 heteroatoms. The average molecular weight is 205 g/mol. The molecular weight excluding hydrogens is 195 g/mol. The van der Waals surface area contributed by atoms with Crippen molar-refractivity contribution in [1.29, 1.82) is 0 Å². The first-order valence-electron chi connectivity index (χ1n) is 3.86. The van der Waals surface area contributed by atoms with Crippen LogP contribution < -0.4 is 0 Å². The van der Waals surface area contributed by atoms with E-state index in [0.717, 1.165) is 6.07 Å². The highest BCUT2D eigenvalue weighted by Crippen LogP contribution is 2.29. The summed E-state index contributed by atoms with van der Waals surface area (Å²) >= 11 is 5.71. The molecule has 0 aliphatic heterocycles. The van der Waals surface area contributed by atoms with Crippen LogP contribution >= 0.6 is 11.6 Å². The summed E-state index contributed by atoms with van der Waals surface area (Å²) in [6.07, 6.45) is -0.521. The molecule has 1 aromatic carbocycles. The Morgan fingerprint density at radius 2 is 2.15 bits per heavy atom. The van der Waals surface area contributed by atoms with Crippen LogP contribution in [0.3, 0.4) is 0 Å². The van der Waals surface area contributed by atoms with Crippen molar-refractivity contribution in [2.45, 2.75) is 19.4 Å². The van der Waals surface area contributed by atoms with Crippen molar-refractivity contribution < 1.29 is 14.6 Å². The Bertz CT molecular complexity index is 313. The van der Waals surface area contributed by atoms with Gasteiger partial charge in [0.15, 0.2) is 11.6 Å². The number of aliphatic hydroxyl groups excluding tert-OH is 1. The van der Waals surface area contributed by atoms with Crippen molar-refractivity contribution in [3.05, 3.63) is 28.5 Å². The lowest BCUT2D eigenvalue weighted by Crippen LogP contribution is -2.05. The molecule has 0 aromatic heterocycles. The lowest BCUT2D eigenvalue weighted by atomic mass is 10.1. The Morgan fingerprint density at radius 1 is 1.54 bits per heavy atom. The first-order chi connectivity index (χ1) is 6.02. The minimum Gasteiger partial charge on any atom is -0.505 e. The van der Waals surface area contributed by atoms with Crippen LogP contribution in [0.25, 0.3) is 0 Å². The van der Waals surface area contributed by atoms with Gasteiger partial charge < -0.3 is 10.2 Å². The van der Waals surface area contributed by atoms with Crippen molar-refractivity contribution in [3.8, 4) is 5.75 Å². The van der Waals surface area contributed by atoms with Gasteiger partial charge >= 0.3 is 0 Å². The van der Waals surface area contributed by atoms with Crippen LogP contribution in [0.4, 0.5) is 4.39 Å². The molecule has 13 heavy (non-hydrogen) atoms. The molecule has 0 spiro atoms. The third-order valence-corrected chi connectivity index (χ3v) is 2.03. The Balaban J connectivity index is 3.10. The van der Waals surface area contributed by atoms with E-state index in [-0.39, 0.29) is 17.0 Å². The third-order valence-electron chi connectivity index (χ3n) is 1.68. The molecule has 0 aliphatic carbocycles. The van der Waals surface area contributed by atoms with E-state index in [2.05, 4.69) is 0 Å². The summed E-state index contributed by atoms with van der Waals surface area (Å²) in [5.41, 5.74) is 0.247. The van der Waals surface area contributed by atoms with Crippen molar-refractivity contribution in [1.82, 2.24) is 0 Å². The van der Waals surface area contributed by atoms with Gasteiger partial charge in [-0.05, 0) is 19.1 Å². The van der Waals surface area contributed by atoms with Gasteiger partial charge in [-0.2, -0.15) is 0 Å². The maximum absolute atomic E-state index is 12.8. The topological polar surface area (TPSA) is 40.5 Å². The Kier molecular flexibility index (Phi) is 3.12. The van der Waals surface area contributed by atoms with Crippen molar-refractivity contribution in [2.75, 3.05) is 0 Å². The third kappa shape index (κ3) is 2.32. The van der Waals surface area contributed by atoms with E-state index in [4.69, 9.17) is 16.7 Å². The van der Waals surface area contributed by atoms with Gasteiger partial charge in [-0.1, -0.05) is 11.6 Å². The van der Waals surface area contributed by atoms with Crippen molar-refractivity contribution in [2.24, 2.45) is 0 Å². The number of rotatable bonds is 2. The number of hydrogen-bond donors (Lipinski definition) is 2. The zero-order chi connectivity index (χ0) is 10.0. The molecule has 1 unspecified atom stereocenters. The monoisotopic (exact) mass is 204 g/mol. The molecule has 0 aliphatic rings. The van der Waals surface area contributed by atoms with E-state index < -0.39 is 17.7 Å². The van der Waals surface area contributed by atoms with Gasteiger partial charge in [-0.3, -0.25) is 0 Å². The highest BCUT2D eigenvalue weighted by molar-refractivity contribution is 6.31. The number of phenols is 1. The minimum absolute atomic E-state index is 0.141. The van der Waals surface area contributed by atoms with E-state index >= 15 is 0 Å². The normalized spacial score (nSPS) is 12.9. The predicted molar refractivity (Wildman–Crippen MR) is 48.5 cm³/mol. The Hall–Kier alpha value is -0.800. The maximum Gasteiger partial charge on any atom is 0.165 e. The molecule has 0 saturated heterocycles. The molecule has 0 bridgehead atoms. The molecule has 2 N–H and O–H groups in total. The number of benzene rings is 1. The molecule has 2 nitrogen and oxygen atoms in total. The van der Waals surface area contributed by atoms with Crippen LogP contribution in [0.2, 0.25) is 5.02 Å². The number of aromatic hydroxyl groups is 1. The Morgan fingerprint density at radius 3 is 2.69 bits per heavy atom. The molecule has 72 valence electrons. The van der Waals surface area contributed by atoms with Gasteiger partial charge in [0.05, 0.1) is 6.10 Å². The van der Waals surface area contributed by atoms with E-state index in [1.54, 1.807) is 6.92 Å². The highest BCUT2D eigenvalue weighted by Gasteiger charge is 2.12. The van der Waals surface area contributed by atoms with Gasteiger partial charge in [0.2, 0.25) is 0 Å². The molecule has 0 radical (unpaired) electrons. The lowest BCUT2D eigenvalue weighted by Gasteiger charge is -2.09. The predicted octanol–water partition coefficient (Wildman–Crippen LogP) is 2.11. The van der Waals surface area contributed by atoms with Crippen LogP contribution in [0.1, 0.15) is 12.5 Å². The second-order valence-corrected chi connectivity index (χ2v) is 3.32. The zero-order valence-electron chi connectivity index (χ0n) is 7.09. The number of halogens is 2. The van der Waals surface area contributed by atoms with Gasteiger partial charge in [0, 0.05) is 17.0 Å². The van der Waals surface area contributed by atoms with Gasteiger partial charge in [0.1, 0.15) is 0 Å². The number of phenolic OH excluding ortho intramolecular Hbond substituents is 1. The summed E-state index contributed by atoms with van der Waals surface area (Å²) in [6, 6.07) is 2.44. The molecule has 0 amide bonds. The second kappa shape index (κ2) is 3.94. The molecule has 0 saturated carbocycles. The fourth-order valence-corrected chi connectivity index (χ4v) is 1.30. The molecule has 1 atom stereocenters. The smallest absolute Gasteiger partial charge is 0.165 e. The zero-order valence-corrected chi connectivity index (χ0v) is 7.85. The van der Waals surface area contributed by atoms with Crippen LogP contribution in [0.5, 0.6) is 5.75 Å². The first-order valence-corrected chi connectivity index (χ1v) is 4.24. The first kappa shape index (κ1) is 10.3. The van der Waals surface area contributed by atoms with Crippen LogP contribution in [-0.2, 0) is 6.42 Å². The quantitative estimate of drug-likeness (QED) is 0.775. The van der Waals surface area contributed by atoms with Crippen molar-refractivity contribution in [3.63, 3.8) is 0 Å². The molecule has 0 fully saturated rings. The van der Waals surface area contributed by atoms with Crippen LogP contribution in [0.15, 0.2) is 12.1 Å². The van der Waals surface area contributed by atoms with Crippen molar-refractivity contribution >= 4 is 11.6 Å². The second-order valence-electron chi connectivity index (χ2n) is 2.91. The fourth-order valence-electron chi connectivity index (χ4n) is 1.07. The standard InChI is InChI=1S/C9H10ClFO2/c1-5(12)4-6-7(10)2-3-8(11)9(6)13/h2-3,5,12-13H,4H2,1H3. The summed E-state index contributed by atoms with van der Waals surface area (Å²) in [5, 5.41) is 18.6. The van der Waals surface area contributed by atoms with E-state index in [1.165, 1.54) is 6.07 Å².